The highest BCUT2D eigenvalue weighted by molar-refractivity contribution is 4.41. The maximum Gasteiger partial charge on any atom is 0.235 e. The van der Waals surface area contributed by atoms with Crippen molar-refractivity contribution in [3.8, 4) is 0 Å². The van der Waals surface area contributed by atoms with Crippen molar-refractivity contribution in [2.24, 2.45) is 10.6 Å². The average molecular weight is 308 g/mol. The standard InChI is InChI=1S/C10H24N6O5/c1-9(2)13(5)15(17)11-20-7-19-8-21-12-16(18)14(6)10(3)4/h9-10H,7-8H2,1-6H3. The summed E-state index contributed by atoms with van der Waals surface area (Å²) in [5.74, 6) is 0. The maximum absolute atomic E-state index is 11.3. The quantitative estimate of drug-likeness (QED) is 0.196. The van der Waals surface area contributed by atoms with Crippen LogP contribution in [0.2, 0.25) is 0 Å². The van der Waals surface area contributed by atoms with Crippen molar-refractivity contribution in [2.45, 2.75) is 39.8 Å². The lowest BCUT2D eigenvalue weighted by atomic mass is 10.4. The van der Waals surface area contributed by atoms with Gasteiger partial charge in [0.25, 0.3) is 0 Å². The van der Waals surface area contributed by atoms with Gasteiger partial charge in [0.05, 0.1) is 36.1 Å². The van der Waals surface area contributed by atoms with Gasteiger partial charge in [0.15, 0.2) is 0 Å². The number of ether oxygens (including phenoxy) is 1. The first-order chi connectivity index (χ1) is 9.77. The minimum absolute atomic E-state index is 0.0149. The Morgan fingerprint density at radius 2 is 1.19 bits per heavy atom. The fourth-order valence-corrected chi connectivity index (χ4v) is 0.765. The first-order valence-electron chi connectivity index (χ1n) is 6.41. The summed E-state index contributed by atoms with van der Waals surface area (Å²) in [5.41, 5.74) is 0. The lowest BCUT2D eigenvalue weighted by Gasteiger charge is -2.16. The van der Waals surface area contributed by atoms with Gasteiger partial charge in [-0.1, -0.05) is 0 Å². The molecule has 0 unspecified atom stereocenters. The van der Waals surface area contributed by atoms with Gasteiger partial charge >= 0.3 is 0 Å². The lowest BCUT2D eigenvalue weighted by molar-refractivity contribution is -0.714. The summed E-state index contributed by atoms with van der Waals surface area (Å²) in [6, 6.07) is -0.0298. The Kier molecular flexibility index (Phi) is 8.85. The molecule has 0 fully saturated rings. The van der Waals surface area contributed by atoms with Gasteiger partial charge in [-0.3, -0.25) is 0 Å². The second-order valence-corrected chi connectivity index (χ2v) is 4.70. The summed E-state index contributed by atoms with van der Waals surface area (Å²) in [6.07, 6.45) is 0. The van der Waals surface area contributed by atoms with Crippen molar-refractivity contribution < 1.29 is 24.4 Å². The van der Waals surface area contributed by atoms with Crippen molar-refractivity contribution in [2.75, 3.05) is 27.7 Å². The van der Waals surface area contributed by atoms with E-state index in [1.165, 1.54) is 10.0 Å². The molecule has 0 aliphatic heterocycles. The van der Waals surface area contributed by atoms with E-state index in [1.807, 2.05) is 27.7 Å². The molecule has 0 aromatic rings. The predicted octanol–water partition coefficient (Wildman–Crippen LogP) is 1.22. The Morgan fingerprint density at radius 1 is 0.857 bits per heavy atom. The molecule has 0 radical (unpaired) electrons. The summed E-state index contributed by atoms with van der Waals surface area (Å²) in [5, 5.41) is 31.7. The molecule has 0 heterocycles. The zero-order valence-electron chi connectivity index (χ0n) is 13.3. The number of rotatable bonds is 10. The largest absolute Gasteiger partial charge is 0.569 e. The first-order valence-corrected chi connectivity index (χ1v) is 6.41. The zero-order valence-corrected chi connectivity index (χ0v) is 13.3. The van der Waals surface area contributed by atoms with E-state index in [0.29, 0.717) is 9.94 Å². The minimum atomic E-state index is -0.306. The van der Waals surface area contributed by atoms with E-state index >= 15 is 0 Å². The molecule has 0 aromatic heterocycles. The van der Waals surface area contributed by atoms with Crippen LogP contribution in [-0.2, 0) is 14.4 Å². The van der Waals surface area contributed by atoms with Gasteiger partial charge in [-0.05, 0) is 27.7 Å². The average Bonchev–Trinajstić information content (AvgIpc) is 2.43. The van der Waals surface area contributed by atoms with Gasteiger partial charge in [-0.25, -0.2) is 0 Å². The Balaban J connectivity index is 3.83. The molecule has 0 spiro atoms. The third kappa shape index (κ3) is 7.97. The van der Waals surface area contributed by atoms with Crippen LogP contribution >= 0.6 is 0 Å². The Hall–Kier alpha value is -2.04. The third-order valence-electron chi connectivity index (χ3n) is 2.56. The molecule has 124 valence electrons. The van der Waals surface area contributed by atoms with E-state index in [4.69, 9.17) is 4.74 Å². The maximum atomic E-state index is 11.3. The third-order valence-corrected chi connectivity index (χ3v) is 2.56. The molecule has 0 aliphatic rings. The van der Waals surface area contributed by atoms with E-state index in [1.54, 1.807) is 14.1 Å². The molecule has 21 heavy (non-hydrogen) atoms. The number of hydrogen-bond acceptors (Lipinski definition) is 7. The van der Waals surface area contributed by atoms with Crippen LogP contribution in [0.3, 0.4) is 0 Å². The van der Waals surface area contributed by atoms with Gasteiger partial charge in [0.1, 0.15) is 0 Å². The smallest absolute Gasteiger partial charge is 0.235 e. The van der Waals surface area contributed by atoms with Crippen LogP contribution in [0, 0.1) is 10.4 Å². The second-order valence-electron chi connectivity index (χ2n) is 4.70. The Labute approximate surface area is 124 Å². The van der Waals surface area contributed by atoms with Crippen LogP contribution in [0.5, 0.6) is 0 Å². The first kappa shape index (κ1) is 19.0. The van der Waals surface area contributed by atoms with E-state index in [9.17, 15) is 10.4 Å². The Bertz CT molecular complexity index is 317. The number of hydrazine groups is 2. The van der Waals surface area contributed by atoms with Crippen molar-refractivity contribution in [3.05, 3.63) is 10.4 Å². The van der Waals surface area contributed by atoms with Gasteiger partial charge < -0.3 is 24.8 Å². The van der Waals surface area contributed by atoms with Gasteiger partial charge in [0.2, 0.25) is 24.1 Å². The fraction of sp³-hybridized carbons (Fsp3) is 1.00. The monoisotopic (exact) mass is 308 g/mol. The van der Waals surface area contributed by atoms with Gasteiger partial charge in [-0.2, -0.15) is 0 Å². The molecule has 0 N–H and O–H groups in total. The molecular weight excluding hydrogens is 284 g/mol. The lowest BCUT2D eigenvalue weighted by Crippen LogP contribution is -2.33. The SMILES string of the molecule is CC(C)N(C)[N+]([O-])=NOCOCON=[N+]([O-])N(C)C(C)C. The molecule has 0 aliphatic carbocycles. The van der Waals surface area contributed by atoms with Crippen molar-refractivity contribution in [1.29, 1.82) is 0 Å². The van der Waals surface area contributed by atoms with E-state index in [-0.39, 0.29) is 25.7 Å². The molecule has 11 heteroatoms. The molecule has 0 atom stereocenters. The highest BCUT2D eigenvalue weighted by Crippen LogP contribution is 1.96. The highest BCUT2D eigenvalue weighted by Gasteiger charge is 2.11. The molecule has 11 nitrogen and oxygen atoms in total. The molecular formula is C10H24N6O5. The van der Waals surface area contributed by atoms with Crippen LogP contribution in [0.25, 0.3) is 0 Å². The van der Waals surface area contributed by atoms with Crippen molar-refractivity contribution >= 4 is 0 Å². The molecule has 0 saturated carbocycles. The van der Waals surface area contributed by atoms with Crippen LogP contribution in [0.1, 0.15) is 27.7 Å². The van der Waals surface area contributed by atoms with Crippen LogP contribution in [0.4, 0.5) is 0 Å². The van der Waals surface area contributed by atoms with Crippen LogP contribution < -0.4 is 0 Å². The topological polar surface area (TPSA) is 111 Å². The van der Waals surface area contributed by atoms with Gasteiger partial charge in [-0.15, -0.1) is 10.0 Å². The number of nitrogens with zero attached hydrogens (tertiary/aromatic N) is 6. The molecule has 0 saturated heterocycles. The summed E-state index contributed by atoms with van der Waals surface area (Å²) in [7, 11) is 3.14. The molecule has 0 rings (SSSR count). The second kappa shape index (κ2) is 9.80. The number of hydrogen-bond donors (Lipinski definition) is 0. The zero-order chi connectivity index (χ0) is 16.4. The normalized spacial score (nSPS) is 12.8. The molecule has 0 amide bonds. The Morgan fingerprint density at radius 3 is 1.48 bits per heavy atom. The predicted molar refractivity (Wildman–Crippen MR) is 70.9 cm³/mol. The molecule has 0 bridgehead atoms. The minimum Gasteiger partial charge on any atom is -0.569 e. The summed E-state index contributed by atoms with van der Waals surface area (Å²) in [4.78, 5) is 9.82. The van der Waals surface area contributed by atoms with Crippen LogP contribution in [0.15, 0.2) is 10.6 Å². The van der Waals surface area contributed by atoms with Crippen LogP contribution in [-0.4, -0.2) is 59.7 Å². The summed E-state index contributed by atoms with van der Waals surface area (Å²) >= 11 is 0. The fourth-order valence-electron chi connectivity index (χ4n) is 0.765. The van der Waals surface area contributed by atoms with E-state index < -0.39 is 0 Å². The van der Waals surface area contributed by atoms with Crippen molar-refractivity contribution in [1.82, 2.24) is 10.0 Å². The summed E-state index contributed by atoms with van der Waals surface area (Å²) < 4.78 is 4.81. The highest BCUT2D eigenvalue weighted by atomic mass is 16.8. The van der Waals surface area contributed by atoms with Gasteiger partial charge in [0, 0.05) is 0 Å². The van der Waals surface area contributed by atoms with E-state index in [2.05, 4.69) is 20.2 Å². The molecule has 0 aromatic carbocycles. The van der Waals surface area contributed by atoms with Crippen molar-refractivity contribution in [3.63, 3.8) is 0 Å². The van der Waals surface area contributed by atoms with E-state index in [0.717, 1.165) is 0 Å². The summed E-state index contributed by atoms with van der Waals surface area (Å²) in [6.45, 7) is 6.70.